The largest absolute Gasteiger partial charge is 0.507 e. The van der Waals surface area contributed by atoms with Crippen LogP contribution in [0, 0.1) is 0 Å². The fourth-order valence-corrected chi connectivity index (χ4v) is 2.47. The first-order chi connectivity index (χ1) is 10.5. The van der Waals surface area contributed by atoms with Gasteiger partial charge in [0.1, 0.15) is 5.75 Å². The van der Waals surface area contributed by atoms with Crippen molar-refractivity contribution in [2.75, 3.05) is 6.61 Å². The van der Waals surface area contributed by atoms with Gasteiger partial charge < -0.3 is 14.7 Å². The van der Waals surface area contributed by atoms with Gasteiger partial charge in [-0.25, -0.2) is 0 Å². The highest BCUT2D eigenvalue weighted by Crippen LogP contribution is 2.41. The molecule has 0 unspecified atom stereocenters. The minimum atomic E-state index is -0.214. The van der Waals surface area contributed by atoms with Crippen LogP contribution in [0.5, 0.6) is 5.75 Å². The summed E-state index contributed by atoms with van der Waals surface area (Å²) in [4.78, 5) is 4.33. The first kappa shape index (κ1) is 17.5. The van der Waals surface area contributed by atoms with E-state index in [1.165, 1.54) is 0 Å². The van der Waals surface area contributed by atoms with Crippen LogP contribution in [0.1, 0.15) is 58.5 Å². The Bertz CT molecular complexity index is 656. The smallest absolute Gasteiger partial charge is 0.257 e. The number of aliphatic hydroxyl groups is 1. The van der Waals surface area contributed by atoms with Crippen LogP contribution in [0.15, 0.2) is 16.7 Å². The third-order valence-electron chi connectivity index (χ3n) is 3.78. The Morgan fingerprint density at radius 2 is 1.52 bits per heavy atom. The highest BCUT2D eigenvalue weighted by Gasteiger charge is 2.27. The Hall–Kier alpha value is -1.88. The maximum atomic E-state index is 10.7. The molecule has 0 spiro atoms. The predicted octanol–water partition coefficient (Wildman–Crippen LogP) is 3.57. The molecule has 0 saturated heterocycles. The van der Waals surface area contributed by atoms with Crippen molar-refractivity contribution < 1.29 is 14.7 Å². The summed E-state index contributed by atoms with van der Waals surface area (Å²) in [5.41, 5.74) is 2.06. The van der Waals surface area contributed by atoms with Gasteiger partial charge in [0.25, 0.3) is 5.89 Å². The number of aromatic hydroxyl groups is 1. The number of hydrogen-bond donors (Lipinski definition) is 2. The molecule has 0 fully saturated rings. The molecule has 1 heterocycles. The number of nitrogens with zero attached hydrogens (tertiary/aromatic N) is 2. The number of aromatic nitrogens is 2. The average Bonchev–Trinajstić information content (AvgIpc) is 2.85. The van der Waals surface area contributed by atoms with E-state index in [0.29, 0.717) is 23.9 Å². The van der Waals surface area contributed by atoms with Crippen molar-refractivity contribution in [3.8, 4) is 17.2 Å². The highest BCUT2D eigenvalue weighted by atomic mass is 16.5. The molecule has 5 nitrogen and oxygen atoms in total. The van der Waals surface area contributed by atoms with Gasteiger partial charge in [0, 0.05) is 23.1 Å². The molecule has 0 aliphatic heterocycles. The van der Waals surface area contributed by atoms with Gasteiger partial charge in [-0.3, -0.25) is 0 Å². The summed E-state index contributed by atoms with van der Waals surface area (Å²) in [6.07, 6.45) is 0.361. The Labute approximate surface area is 137 Å². The fourth-order valence-electron chi connectivity index (χ4n) is 2.47. The maximum Gasteiger partial charge on any atom is 0.257 e. The molecule has 1 aromatic heterocycles. The van der Waals surface area contributed by atoms with E-state index in [1.54, 1.807) is 0 Å². The predicted molar refractivity (Wildman–Crippen MR) is 89.6 cm³/mol. The third-order valence-corrected chi connectivity index (χ3v) is 3.78. The number of rotatable bonds is 3. The Morgan fingerprint density at radius 1 is 1.00 bits per heavy atom. The SMILES string of the molecule is CC(C)(C)c1cc(-c2nc(CCO)no2)cc(C(C)(C)C)c1O. The van der Waals surface area contributed by atoms with Crippen LogP contribution in [0.2, 0.25) is 0 Å². The lowest BCUT2D eigenvalue weighted by atomic mass is 9.78. The number of hydrogen-bond acceptors (Lipinski definition) is 5. The molecular formula is C18H26N2O3. The molecule has 0 amide bonds. The Balaban J connectivity index is 2.64. The molecular weight excluding hydrogens is 292 g/mol. The minimum Gasteiger partial charge on any atom is -0.507 e. The lowest BCUT2D eigenvalue weighted by Crippen LogP contribution is -2.17. The normalized spacial score (nSPS) is 12.7. The van der Waals surface area contributed by atoms with Gasteiger partial charge in [0.05, 0.1) is 6.61 Å². The van der Waals surface area contributed by atoms with E-state index < -0.39 is 0 Å². The first-order valence-electron chi connectivity index (χ1n) is 7.86. The molecule has 0 aliphatic carbocycles. The number of benzene rings is 1. The monoisotopic (exact) mass is 318 g/mol. The molecule has 2 aromatic rings. The average molecular weight is 318 g/mol. The molecule has 2 rings (SSSR count). The molecule has 0 saturated carbocycles. The zero-order valence-corrected chi connectivity index (χ0v) is 14.8. The lowest BCUT2D eigenvalue weighted by Gasteiger charge is -2.27. The molecule has 5 heteroatoms. The van der Waals surface area contributed by atoms with E-state index in [2.05, 4.69) is 51.7 Å². The summed E-state index contributed by atoms with van der Waals surface area (Å²) >= 11 is 0. The van der Waals surface area contributed by atoms with Gasteiger partial charge in [-0.05, 0) is 23.0 Å². The van der Waals surface area contributed by atoms with Gasteiger partial charge in [0.15, 0.2) is 5.82 Å². The van der Waals surface area contributed by atoms with Gasteiger partial charge in [-0.1, -0.05) is 46.7 Å². The van der Waals surface area contributed by atoms with E-state index in [-0.39, 0.29) is 17.4 Å². The van der Waals surface area contributed by atoms with Crippen molar-refractivity contribution in [3.63, 3.8) is 0 Å². The Morgan fingerprint density at radius 3 is 1.96 bits per heavy atom. The van der Waals surface area contributed by atoms with Crippen LogP contribution in [-0.2, 0) is 17.3 Å². The van der Waals surface area contributed by atoms with Gasteiger partial charge in [0.2, 0.25) is 0 Å². The zero-order valence-electron chi connectivity index (χ0n) is 14.8. The second kappa shape index (κ2) is 5.96. The number of phenolic OH excluding ortho intramolecular Hbond substituents is 1. The molecule has 0 bridgehead atoms. The van der Waals surface area contributed by atoms with Crippen molar-refractivity contribution in [1.82, 2.24) is 10.1 Å². The molecule has 0 aliphatic rings. The molecule has 2 N–H and O–H groups in total. The topological polar surface area (TPSA) is 79.4 Å². The van der Waals surface area contributed by atoms with Crippen LogP contribution in [0.4, 0.5) is 0 Å². The van der Waals surface area contributed by atoms with Crippen LogP contribution in [0.25, 0.3) is 11.5 Å². The summed E-state index contributed by atoms with van der Waals surface area (Å²) in [5, 5.41) is 23.6. The third kappa shape index (κ3) is 3.72. The van der Waals surface area contributed by atoms with Gasteiger partial charge in [-0.2, -0.15) is 4.98 Å². The van der Waals surface area contributed by atoms with Crippen molar-refractivity contribution in [1.29, 1.82) is 0 Å². The molecule has 126 valence electrons. The van der Waals surface area contributed by atoms with Crippen molar-refractivity contribution in [2.45, 2.75) is 58.8 Å². The number of phenols is 1. The summed E-state index contributed by atoms with van der Waals surface area (Å²) in [5.74, 6) is 1.21. The molecule has 0 atom stereocenters. The minimum absolute atomic E-state index is 0.0188. The van der Waals surface area contributed by atoms with Crippen LogP contribution in [0.3, 0.4) is 0 Å². The fraction of sp³-hybridized carbons (Fsp3) is 0.556. The maximum absolute atomic E-state index is 10.7. The van der Waals surface area contributed by atoms with Crippen molar-refractivity contribution in [2.24, 2.45) is 0 Å². The van der Waals surface area contributed by atoms with Gasteiger partial charge in [-0.15, -0.1) is 0 Å². The first-order valence-corrected chi connectivity index (χ1v) is 7.86. The quantitative estimate of drug-likeness (QED) is 0.904. The van der Waals surface area contributed by atoms with E-state index in [4.69, 9.17) is 9.63 Å². The van der Waals surface area contributed by atoms with E-state index >= 15 is 0 Å². The lowest BCUT2D eigenvalue weighted by molar-refractivity contribution is 0.293. The second-order valence-corrected chi connectivity index (χ2v) is 7.91. The van der Waals surface area contributed by atoms with Gasteiger partial charge >= 0.3 is 0 Å². The summed E-state index contributed by atoms with van der Waals surface area (Å²) in [6, 6.07) is 3.81. The van der Waals surface area contributed by atoms with Crippen molar-refractivity contribution >= 4 is 0 Å². The van der Waals surface area contributed by atoms with Crippen LogP contribution >= 0.6 is 0 Å². The summed E-state index contributed by atoms with van der Waals surface area (Å²) in [7, 11) is 0. The summed E-state index contributed by atoms with van der Waals surface area (Å²) in [6.45, 7) is 12.3. The summed E-state index contributed by atoms with van der Waals surface area (Å²) < 4.78 is 5.32. The standard InChI is InChI=1S/C18H26N2O3/c1-17(2,3)12-9-11(10-13(15(12)22)18(4,5)6)16-19-14(7-8-21)20-23-16/h9-10,21-22H,7-8H2,1-6H3. The zero-order chi connectivity index (χ0) is 17.4. The van der Waals surface area contributed by atoms with E-state index in [0.717, 1.165) is 16.7 Å². The van der Waals surface area contributed by atoms with Crippen molar-refractivity contribution in [3.05, 3.63) is 29.1 Å². The van der Waals surface area contributed by atoms with Crippen LogP contribution in [-0.4, -0.2) is 27.0 Å². The second-order valence-electron chi connectivity index (χ2n) is 7.91. The van der Waals surface area contributed by atoms with Crippen LogP contribution < -0.4 is 0 Å². The highest BCUT2D eigenvalue weighted by molar-refractivity contribution is 5.62. The molecule has 1 aromatic carbocycles. The van der Waals surface area contributed by atoms with E-state index in [9.17, 15) is 5.11 Å². The Kier molecular flexibility index (Phi) is 4.53. The number of aliphatic hydroxyl groups excluding tert-OH is 1. The van der Waals surface area contributed by atoms with E-state index in [1.807, 2.05) is 12.1 Å². The molecule has 0 radical (unpaired) electrons. The molecule has 23 heavy (non-hydrogen) atoms.